The molecule has 0 radical (unpaired) electrons. The predicted octanol–water partition coefficient (Wildman–Crippen LogP) is 3.68. The van der Waals surface area contributed by atoms with Crippen molar-refractivity contribution in [2.45, 2.75) is 38.0 Å². The molecule has 4 heterocycles. The van der Waals surface area contributed by atoms with E-state index >= 15 is 0 Å². The van der Waals surface area contributed by atoms with Crippen LogP contribution in [0.5, 0.6) is 0 Å². The van der Waals surface area contributed by atoms with Gasteiger partial charge in [0.25, 0.3) is 5.91 Å². The summed E-state index contributed by atoms with van der Waals surface area (Å²) in [5, 5.41) is 0.824. The Bertz CT molecular complexity index is 2000. The van der Waals surface area contributed by atoms with Crippen LogP contribution in [-0.2, 0) is 37.6 Å². The molecule has 2 aliphatic heterocycles. The number of piperidine rings is 1. The fourth-order valence-electron chi connectivity index (χ4n) is 7.92. The quantitative estimate of drug-likeness (QED) is 0.310. The van der Waals surface area contributed by atoms with Gasteiger partial charge in [0.1, 0.15) is 17.4 Å². The second kappa shape index (κ2) is 9.97. The average Bonchev–Trinajstić information content (AvgIpc) is 3.34. The number of amides is 2. The second-order valence-electron chi connectivity index (χ2n) is 13.1. The van der Waals surface area contributed by atoms with Crippen LogP contribution in [0.25, 0.3) is 10.9 Å². The van der Waals surface area contributed by atoms with Gasteiger partial charge in [-0.25, -0.2) is 0 Å². The molecule has 0 bridgehead atoms. The molecule has 14 heteroatoms. The van der Waals surface area contributed by atoms with Gasteiger partial charge in [-0.1, -0.05) is 0 Å². The SMILES string of the molecule is Cc1cn(C)c2c1C13CC1CN(C(=O)c1cc4c5c(ccc4[nH]1)N(C(=O)CCC(=O)CP(=O)(O)CP(C)(=O)O)CC5)C3=CC2=O. The van der Waals surface area contributed by atoms with Gasteiger partial charge in [-0.3, -0.25) is 28.3 Å². The first-order valence-electron chi connectivity index (χ1n) is 14.9. The molecule has 2 fully saturated rings. The van der Waals surface area contributed by atoms with Gasteiger partial charge in [-0.15, -0.1) is 0 Å². The summed E-state index contributed by atoms with van der Waals surface area (Å²) >= 11 is 0. The Morgan fingerprint density at radius 3 is 2.62 bits per heavy atom. The third-order valence-corrected chi connectivity index (χ3v) is 14.4. The number of nitrogens with zero attached hydrogens (tertiary/aromatic N) is 3. The monoisotopic (exact) mass is 652 g/mol. The number of Topliss-reactive ketones (excluding diaryl/α,β-unsaturated/α-hetero) is 1. The molecule has 2 aromatic heterocycles. The molecule has 3 N–H and O–H groups in total. The summed E-state index contributed by atoms with van der Waals surface area (Å²) in [5.74, 6) is -1.77. The predicted molar refractivity (Wildman–Crippen MR) is 167 cm³/mol. The number of allylic oxidation sites excluding steroid dienone is 2. The fourth-order valence-corrected chi connectivity index (χ4v) is 12.3. The van der Waals surface area contributed by atoms with Crippen molar-refractivity contribution in [2.24, 2.45) is 13.0 Å². The van der Waals surface area contributed by atoms with E-state index in [-0.39, 0.29) is 41.8 Å². The Balaban J connectivity index is 1.08. The van der Waals surface area contributed by atoms with Gasteiger partial charge in [0.2, 0.25) is 26.4 Å². The van der Waals surface area contributed by atoms with Gasteiger partial charge in [0.05, 0.1) is 11.9 Å². The summed E-state index contributed by atoms with van der Waals surface area (Å²) in [7, 11) is -6.01. The number of aromatic amines is 1. The molecular weight excluding hydrogens is 618 g/mol. The Morgan fingerprint density at radius 1 is 1.13 bits per heavy atom. The lowest BCUT2D eigenvalue weighted by atomic mass is 9.83. The minimum Gasteiger partial charge on any atom is -0.351 e. The van der Waals surface area contributed by atoms with Crippen molar-refractivity contribution in [3.63, 3.8) is 0 Å². The fraction of sp³-hybridized carbons (Fsp3) is 0.419. The summed E-state index contributed by atoms with van der Waals surface area (Å²) in [5.41, 5.74) is 6.07. The van der Waals surface area contributed by atoms with Crippen molar-refractivity contribution in [3.05, 3.63) is 64.2 Å². The van der Waals surface area contributed by atoms with Crippen LogP contribution in [0.1, 0.15) is 56.9 Å². The van der Waals surface area contributed by atoms with Crippen molar-refractivity contribution < 1.29 is 38.1 Å². The minimum absolute atomic E-state index is 0.0881. The summed E-state index contributed by atoms with van der Waals surface area (Å²) < 4.78 is 25.6. The Kier molecular flexibility index (Phi) is 6.67. The molecule has 45 heavy (non-hydrogen) atoms. The molecule has 2 aliphatic carbocycles. The number of hydrogen-bond donors (Lipinski definition) is 3. The van der Waals surface area contributed by atoms with Crippen molar-refractivity contribution in [1.29, 1.82) is 0 Å². The number of nitrogens with one attached hydrogen (secondary N) is 1. The summed E-state index contributed by atoms with van der Waals surface area (Å²) in [6.07, 6.45) is 3.94. The minimum atomic E-state index is -4.12. The van der Waals surface area contributed by atoms with E-state index < -0.39 is 32.6 Å². The summed E-state index contributed by atoms with van der Waals surface area (Å²) in [6, 6.07) is 5.42. The molecule has 1 spiro atoms. The number of ketones is 2. The van der Waals surface area contributed by atoms with Crippen molar-refractivity contribution in [3.8, 4) is 0 Å². The number of fused-ring (bicyclic) bond motifs is 4. The van der Waals surface area contributed by atoms with E-state index in [2.05, 4.69) is 4.98 Å². The lowest BCUT2D eigenvalue weighted by Crippen LogP contribution is -2.34. The number of carbonyl (C=O) groups is 4. The van der Waals surface area contributed by atoms with E-state index in [0.29, 0.717) is 36.6 Å². The van der Waals surface area contributed by atoms with E-state index in [1.165, 1.54) is 0 Å². The molecule has 3 aromatic rings. The smallest absolute Gasteiger partial charge is 0.274 e. The largest absolute Gasteiger partial charge is 0.351 e. The van der Waals surface area contributed by atoms with Gasteiger partial charge >= 0.3 is 0 Å². The second-order valence-corrected chi connectivity index (χ2v) is 18.3. The molecule has 236 valence electrons. The number of aromatic nitrogens is 2. The molecule has 12 nitrogen and oxygen atoms in total. The Hall–Kier alpha value is -3.56. The van der Waals surface area contributed by atoms with Crippen LogP contribution in [0.2, 0.25) is 0 Å². The van der Waals surface area contributed by atoms with Crippen molar-refractivity contribution in [1.82, 2.24) is 14.5 Å². The van der Waals surface area contributed by atoms with Crippen LogP contribution >= 0.6 is 14.7 Å². The molecular formula is C31H34N4O8P2. The van der Waals surface area contributed by atoms with Crippen molar-refractivity contribution in [2.75, 3.05) is 36.7 Å². The number of aryl methyl sites for hydroxylation is 2. The number of carbonyl (C=O) groups excluding carboxylic acids is 4. The number of hydrogen-bond acceptors (Lipinski definition) is 6. The first-order chi connectivity index (χ1) is 21.1. The third kappa shape index (κ3) is 4.81. The maximum absolute atomic E-state index is 13.9. The third-order valence-electron chi connectivity index (χ3n) is 9.64. The zero-order chi connectivity index (χ0) is 32.2. The highest BCUT2D eigenvalue weighted by molar-refractivity contribution is 7.75. The van der Waals surface area contributed by atoms with E-state index in [1.807, 2.05) is 30.8 Å². The number of likely N-dealkylation sites (tertiary alicyclic amines) is 1. The molecule has 1 saturated heterocycles. The normalized spacial score (nSPS) is 24.0. The topological polar surface area (TPSA) is 170 Å². The van der Waals surface area contributed by atoms with Crippen LogP contribution in [0.15, 0.2) is 36.2 Å². The van der Waals surface area contributed by atoms with Gasteiger partial charge < -0.3 is 29.1 Å². The molecule has 7 rings (SSSR count). The van der Waals surface area contributed by atoms with Gasteiger partial charge in [0.15, 0.2) is 0 Å². The molecule has 1 aromatic carbocycles. The lowest BCUT2D eigenvalue weighted by Gasteiger charge is -2.28. The molecule has 4 atom stereocenters. The lowest BCUT2D eigenvalue weighted by molar-refractivity contribution is -0.122. The zero-order valence-electron chi connectivity index (χ0n) is 25.2. The molecule has 4 aliphatic rings. The van der Waals surface area contributed by atoms with Gasteiger partial charge in [-0.05, 0) is 60.6 Å². The zero-order valence-corrected chi connectivity index (χ0v) is 27.0. The summed E-state index contributed by atoms with van der Waals surface area (Å²) in [4.78, 5) is 78.4. The molecule has 1 saturated carbocycles. The van der Waals surface area contributed by atoms with Crippen LogP contribution < -0.4 is 4.90 Å². The highest BCUT2D eigenvalue weighted by atomic mass is 31.2. The van der Waals surface area contributed by atoms with Crippen LogP contribution in [0.3, 0.4) is 0 Å². The highest BCUT2D eigenvalue weighted by Crippen LogP contribution is 2.67. The maximum Gasteiger partial charge on any atom is 0.274 e. The van der Waals surface area contributed by atoms with E-state index in [9.17, 15) is 38.1 Å². The van der Waals surface area contributed by atoms with Crippen LogP contribution in [0.4, 0.5) is 5.69 Å². The highest BCUT2D eigenvalue weighted by Gasteiger charge is 2.68. The van der Waals surface area contributed by atoms with Gasteiger partial charge in [0, 0.05) is 79.6 Å². The van der Waals surface area contributed by atoms with Crippen LogP contribution in [0, 0.1) is 12.8 Å². The number of anilines is 1. The van der Waals surface area contributed by atoms with E-state index in [1.54, 1.807) is 28.0 Å². The number of rotatable bonds is 8. The van der Waals surface area contributed by atoms with Crippen LogP contribution in [-0.4, -0.2) is 79.4 Å². The van der Waals surface area contributed by atoms with Gasteiger partial charge in [-0.2, -0.15) is 0 Å². The number of benzene rings is 1. The average molecular weight is 653 g/mol. The first kappa shape index (κ1) is 30.1. The van der Waals surface area contributed by atoms with E-state index in [4.69, 9.17) is 0 Å². The first-order valence-corrected chi connectivity index (χ1v) is 19.2. The summed E-state index contributed by atoms with van der Waals surface area (Å²) in [6.45, 7) is 3.92. The molecule has 4 unspecified atom stereocenters. The number of H-pyrrole nitrogens is 1. The maximum atomic E-state index is 13.9. The van der Waals surface area contributed by atoms with E-state index in [0.717, 1.165) is 46.4 Å². The Morgan fingerprint density at radius 2 is 1.89 bits per heavy atom. The van der Waals surface area contributed by atoms with Crippen molar-refractivity contribution >= 4 is 54.7 Å². The standard InChI is InChI=1S/C31H34N4O8P2/c1-17-13-33(2)29-25(37)11-26-31(28(17)29)12-18(31)14-35(26)30(39)23-10-21-20-8-9-34(24(20)6-5-22(21)32-23)27(38)7-4-19(36)15-45(42,43)16-44(3,40)41/h5-6,10-11,13,18,32H,4,7-9,12,14-16H2,1-3H3,(H,40,41)(H,42,43). The molecule has 2 amide bonds. The Labute approximate surface area is 259 Å².